The fourth-order valence-electron chi connectivity index (χ4n) is 2.19. The van der Waals surface area contributed by atoms with Crippen LogP contribution in [0.25, 0.3) is 5.69 Å². The van der Waals surface area contributed by atoms with Gasteiger partial charge in [-0.25, -0.2) is 4.68 Å². The molecule has 0 fully saturated rings. The Labute approximate surface area is 118 Å². The summed E-state index contributed by atoms with van der Waals surface area (Å²) in [5, 5.41) is 7.85. The Morgan fingerprint density at radius 3 is 2.30 bits per heavy atom. The maximum atomic E-state index is 4.39. The molecule has 3 heteroatoms. The average molecular weight is 263 g/mol. The van der Waals surface area contributed by atoms with Gasteiger partial charge in [0.1, 0.15) is 0 Å². The van der Waals surface area contributed by atoms with Gasteiger partial charge in [-0.1, -0.05) is 48.5 Å². The standard InChI is InChI=1S/C17H17N3/c1-14(15-8-4-2-5-9-15)19-16-12-18-20(13-16)17-10-6-3-7-11-17/h2-14,19H,1H3. The first-order valence-corrected chi connectivity index (χ1v) is 6.74. The first kappa shape index (κ1) is 12.5. The molecular formula is C17H17N3. The molecule has 1 unspecified atom stereocenters. The SMILES string of the molecule is CC(Nc1cnn(-c2ccccc2)c1)c1ccccc1. The number of para-hydroxylation sites is 1. The average Bonchev–Trinajstić information content (AvgIpc) is 2.97. The van der Waals surface area contributed by atoms with Gasteiger partial charge in [0.2, 0.25) is 0 Å². The maximum absolute atomic E-state index is 4.39. The highest BCUT2D eigenvalue weighted by Crippen LogP contribution is 2.19. The van der Waals surface area contributed by atoms with Gasteiger partial charge in [0.25, 0.3) is 0 Å². The number of hydrogen-bond acceptors (Lipinski definition) is 2. The number of hydrogen-bond donors (Lipinski definition) is 1. The Bertz CT molecular complexity index is 659. The molecule has 0 radical (unpaired) electrons. The number of benzene rings is 2. The van der Waals surface area contributed by atoms with Crippen LogP contribution < -0.4 is 5.32 Å². The third-order valence-corrected chi connectivity index (χ3v) is 3.29. The van der Waals surface area contributed by atoms with Crippen LogP contribution >= 0.6 is 0 Å². The van der Waals surface area contributed by atoms with E-state index in [1.54, 1.807) is 0 Å². The van der Waals surface area contributed by atoms with Crippen molar-refractivity contribution in [3.8, 4) is 5.69 Å². The number of nitrogens with zero attached hydrogens (tertiary/aromatic N) is 2. The topological polar surface area (TPSA) is 29.9 Å². The van der Waals surface area contributed by atoms with Gasteiger partial charge >= 0.3 is 0 Å². The van der Waals surface area contributed by atoms with Gasteiger partial charge in [-0.15, -0.1) is 0 Å². The minimum absolute atomic E-state index is 0.254. The van der Waals surface area contributed by atoms with E-state index < -0.39 is 0 Å². The Balaban J connectivity index is 1.75. The van der Waals surface area contributed by atoms with Crippen molar-refractivity contribution in [3.05, 3.63) is 78.6 Å². The van der Waals surface area contributed by atoms with E-state index in [4.69, 9.17) is 0 Å². The normalized spacial score (nSPS) is 12.1. The van der Waals surface area contributed by atoms with Crippen LogP contribution in [0.1, 0.15) is 18.5 Å². The minimum atomic E-state index is 0.254. The van der Waals surface area contributed by atoms with Crippen LogP contribution in [-0.2, 0) is 0 Å². The van der Waals surface area contributed by atoms with Crippen molar-refractivity contribution in [2.45, 2.75) is 13.0 Å². The van der Waals surface area contributed by atoms with E-state index >= 15 is 0 Å². The molecule has 3 aromatic rings. The van der Waals surface area contributed by atoms with E-state index in [2.05, 4.69) is 41.6 Å². The Hall–Kier alpha value is -2.55. The molecule has 3 nitrogen and oxygen atoms in total. The molecule has 1 heterocycles. The van der Waals surface area contributed by atoms with E-state index in [1.165, 1.54) is 5.56 Å². The summed E-state index contributed by atoms with van der Waals surface area (Å²) in [4.78, 5) is 0. The summed E-state index contributed by atoms with van der Waals surface area (Å²) in [5.41, 5.74) is 3.35. The molecule has 0 aliphatic carbocycles. The van der Waals surface area contributed by atoms with E-state index in [0.717, 1.165) is 11.4 Å². The van der Waals surface area contributed by atoms with Crippen molar-refractivity contribution >= 4 is 5.69 Å². The summed E-state index contributed by atoms with van der Waals surface area (Å²) >= 11 is 0. The lowest BCUT2D eigenvalue weighted by atomic mass is 10.1. The van der Waals surface area contributed by atoms with Gasteiger partial charge in [-0.05, 0) is 24.6 Å². The molecule has 3 rings (SSSR count). The molecule has 1 atom stereocenters. The van der Waals surface area contributed by atoms with Gasteiger partial charge < -0.3 is 5.32 Å². The molecule has 0 spiro atoms. The van der Waals surface area contributed by atoms with Crippen LogP contribution in [0.15, 0.2) is 73.1 Å². The summed E-state index contributed by atoms with van der Waals surface area (Å²) in [5.74, 6) is 0. The van der Waals surface area contributed by atoms with E-state index in [9.17, 15) is 0 Å². The number of nitrogens with one attached hydrogen (secondary N) is 1. The van der Waals surface area contributed by atoms with Crippen molar-refractivity contribution in [1.29, 1.82) is 0 Å². The van der Waals surface area contributed by atoms with Gasteiger partial charge in [-0.2, -0.15) is 5.10 Å². The van der Waals surface area contributed by atoms with Gasteiger partial charge in [0, 0.05) is 6.04 Å². The molecular weight excluding hydrogens is 246 g/mol. The van der Waals surface area contributed by atoms with Crippen LogP contribution in [0.4, 0.5) is 5.69 Å². The first-order chi connectivity index (χ1) is 9.83. The Kier molecular flexibility index (Phi) is 3.50. The second-order valence-corrected chi connectivity index (χ2v) is 4.79. The zero-order valence-electron chi connectivity index (χ0n) is 11.4. The predicted octanol–water partition coefficient (Wildman–Crippen LogP) is 4.05. The third kappa shape index (κ3) is 2.72. The van der Waals surface area contributed by atoms with Crippen molar-refractivity contribution in [1.82, 2.24) is 9.78 Å². The molecule has 0 aliphatic heterocycles. The minimum Gasteiger partial charge on any atom is -0.376 e. The van der Waals surface area contributed by atoms with Crippen molar-refractivity contribution in [2.24, 2.45) is 0 Å². The Morgan fingerprint density at radius 2 is 1.60 bits per heavy atom. The fourth-order valence-corrected chi connectivity index (χ4v) is 2.19. The van der Waals surface area contributed by atoms with E-state index in [-0.39, 0.29) is 6.04 Å². The van der Waals surface area contributed by atoms with Gasteiger partial charge in [0.05, 0.1) is 23.8 Å². The van der Waals surface area contributed by atoms with Crippen LogP contribution in [0.5, 0.6) is 0 Å². The largest absolute Gasteiger partial charge is 0.376 e. The summed E-state index contributed by atoms with van der Waals surface area (Å²) in [6.45, 7) is 2.15. The van der Waals surface area contributed by atoms with Crippen LogP contribution in [0.3, 0.4) is 0 Å². The molecule has 0 amide bonds. The van der Waals surface area contributed by atoms with Crippen LogP contribution in [-0.4, -0.2) is 9.78 Å². The number of rotatable bonds is 4. The predicted molar refractivity (Wildman–Crippen MR) is 82.0 cm³/mol. The van der Waals surface area contributed by atoms with E-state index in [1.807, 2.05) is 53.5 Å². The van der Waals surface area contributed by atoms with E-state index in [0.29, 0.717) is 0 Å². The highest BCUT2D eigenvalue weighted by molar-refractivity contribution is 5.44. The second kappa shape index (κ2) is 5.61. The molecule has 0 saturated carbocycles. The third-order valence-electron chi connectivity index (χ3n) is 3.29. The first-order valence-electron chi connectivity index (χ1n) is 6.74. The van der Waals surface area contributed by atoms with Gasteiger partial charge in [-0.3, -0.25) is 0 Å². The molecule has 0 aliphatic rings. The number of aromatic nitrogens is 2. The molecule has 2 aromatic carbocycles. The zero-order chi connectivity index (χ0) is 13.8. The second-order valence-electron chi connectivity index (χ2n) is 4.79. The van der Waals surface area contributed by atoms with Crippen LogP contribution in [0.2, 0.25) is 0 Å². The Morgan fingerprint density at radius 1 is 0.950 bits per heavy atom. The lowest BCUT2D eigenvalue weighted by Gasteiger charge is -2.13. The monoisotopic (exact) mass is 263 g/mol. The molecule has 0 bridgehead atoms. The lowest BCUT2D eigenvalue weighted by molar-refractivity contribution is 0.876. The summed E-state index contributed by atoms with van der Waals surface area (Å²) < 4.78 is 1.88. The quantitative estimate of drug-likeness (QED) is 0.769. The molecule has 20 heavy (non-hydrogen) atoms. The summed E-state index contributed by atoms with van der Waals surface area (Å²) in [6, 6.07) is 20.8. The summed E-state index contributed by atoms with van der Waals surface area (Å²) in [7, 11) is 0. The fraction of sp³-hybridized carbons (Fsp3) is 0.118. The maximum Gasteiger partial charge on any atom is 0.0735 e. The van der Waals surface area contributed by atoms with Crippen LogP contribution in [0, 0.1) is 0 Å². The highest BCUT2D eigenvalue weighted by atomic mass is 15.3. The van der Waals surface area contributed by atoms with Gasteiger partial charge in [0.15, 0.2) is 0 Å². The summed E-state index contributed by atoms with van der Waals surface area (Å²) in [6.07, 6.45) is 3.86. The van der Waals surface area contributed by atoms with Crippen molar-refractivity contribution in [3.63, 3.8) is 0 Å². The molecule has 1 aromatic heterocycles. The molecule has 0 saturated heterocycles. The zero-order valence-corrected chi connectivity index (χ0v) is 11.4. The lowest BCUT2D eigenvalue weighted by Crippen LogP contribution is -2.05. The number of anilines is 1. The smallest absolute Gasteiger partial charge is 0.0735 e. The molecule has 100 valence electrons. The van der Waals surface area contributed by atoms with Crippen molar-refractivity contribution in [2.75, 3.05) is 5.32 Å². The molecule has 1 N–H and O–H groups in total. The van der Waals surface area contributed by atoms with Crippen molar-refractivity contribution < 1.29 is 0 Å². The highest BCUT2D eigenvalue weighted by Gasteiger charge is 2.06.